The number of carbonyl (C=O) groups is 1. The Morgan fingerprint density at radius 3 is 2.35 bits per heavy atom. The number of alkyl halides is 3. The lowest BCUT2D eigenvalue weighted by Crippen LogP contribution is -2.40. The van der Waals surface area contributed by atoms with Crippen molar-refractivity contribution in [1.29, 1.82) is 0 Å². The molecule has 1 aliphatic carbocycles. The summed E-state index contributed by atoms with van der Waals surface area (Å²) in [6.07, 6.45) is -1.60. The minimum absolute atomic E-state index is 0.00136. The van der Waals surface area contributed by atoms with E-state index in [0.29, 0.717) is 33.5 Å². The van der Waals surface area contributed by atoms with E-state index >= 15 is 0 Å². The third kappa shape index (κ3) is 4.32. The van der Waals surface area contributed by atoms with Crippen molar-refractivity contribution in [2.24, 2.45) is 0 Å². The minimum Gasteiger partial charge on any atom is -0.461 e. The van der Waals surface area contributed by atoms with Gasteiger partial charge in [-0.25, -0.2) is 4.98 Å². The van der Waals surface area contributed by atoms with Gasteiger partial charge in [0.25, 0.3) is 5.91 Å². The van der Waals surface area contributed by atoms with Crippen LogP contribution >= 0.6 is 0 Å². The molecule has 176 valence electrons. The van der Waals surface area contributed by atoms with E-state index in [1.54, 1.807) is 31.2 Å². The first-order chi connectivity index (χ1) is 16.3. The van der Waals surface area contributed by atoms with E-state index in [-0.39, 0.29) is 18.0 Å². The van der Waals surface area contributed by atoms with E-state index in [1.165, 1.54) is 0 Å². The summed E-state index contributed by atoms with van der Waals surface area (Å²) in [4.78, 5) is 16.7. The summed E-state index contributed by atoms with van der Waals surface area (Å²) < 4.78 is 45.8. The van der Waals surface area contributed by atoms with E-state index in [0.717, 1.165) is 37.1 Å². The molecule has 0 unspecified atom stereocenters. The molecule has 0 radical (unpaired) electrons. The molecule has 5 nitrogen and oxygen atoms in total. The summed E-state index contributed by atoms with van der Waals surface area (Å²) in [6, 6.07) is 15.4. The number of aryl methyl sites for hydroxylation is 1. The fourth-order valence-electron chi connectivity index (χ4n) is 4.75. The standard InChI is InChI=1S/C26H24F3N3O2/c1-15-24(19-7-3-5-9-22(19)34-15)25(33)31-17-12-10-16(11-13-17)30-21-14-23(26(27,28)29)32-20-8-4-2-6-18(20)21/h2-9,14,16-17H,10-13H2,1H3,(H,30,32)(H,31,33). The van der Waals surface area contributed by atoms with E-state index in [4.69, 9.17) is 4.42 Å². The normalized spacial score (nSPS) is 18.8. The summed E-state index contributed by atoms with van der Waals surface area (Å²) in [7, 11) is 0. The number of fused-ring (bicyclic) bond motifs is 2. The monoisotopic (exact) mass is 467 g/mol. The van der Waals surface area contributed by atoms with Crippen molar-refractivity contribution < 1.29 is 22.4 Å². The predicted octanol–water partition coefficient (Wildman–Crippen LogP) is 6.46. The maximum atomic E-state index is 13.4. The first kappa shape index (κ1) is 22.3. The Hall–Kier alpha value is -3.55. The summed E-state index contributed by atoms with van der Waals surface area (Å²) in [6.45, 7) is 1.78. The molecule has 1 fully saturated rings. The average Bonchev–Trinajstić information content (AvgIpc) is 3.15. The third-order valence-corrected chi connectivity index (χ3v) is 6.43. The second-order valence-electron chi connectivity index (χ2n) is 8.77. The number of rotatable bonds is 4. The first-order valence-corrected chi connectivity index (χ1v) is 11.3. The van der Waals surface area contributed by atoms with Crippen LogP contribution in [0.5, 0.6) is 0 Å². The molecule has 0 atom stereocenters. The highest BCUT2D eigenvalue weighted by atomic mass is 19.4. The number of furan rings is 1. The smallest absolute Gasteiger partial charge is 0.433 e. The number of nitrogens with one attached hydrogen (secondary N) is 2. The third-order valence-electron chi connectivity index (χ3n) is 6.43. The molecule has 8 heteroatoms. The second kappa shape index (κ2) is 8.66. The number of pyridine rings is 1. The number of carbonyl (C=O) groups excluding carboxylic acids is 1. The fourth-order valence-corrected chi connectivity index (χ4v) is 4.75. The van der Waals surface area contributed by atoms with Crippen LogP contribution in [-0.2, 0) is 6.18 Å². The molecule has 0 spiro atoms. The number of hydrogen-bond acceptors (Lipinski definition) is 4. The van der Waals surface area contributed by atoms with E-state index in [1.807, 2.05) is 24.3 Å². The van der Waals surface area contributed by atoms with Gasteiger partial charge in [-0.3, -0.25) is 4.79 Å². The first-order valence-electron chi connectivity index (χ1n) is 11.3. The van der Waals surface area contributed by atoms with E-state index in [2.05, 4.69) is 15.6 Å². The van der Waals surface area contributed by atoms with Crippen LogP contribution in [0.2, 0.25) is 0 Å². The zero-order chi connectivity index (χ0) is 23.9. The Morgan fingerprint density at radius 1 is 0.971 bits per heavy atom. The van der Waals surface area contributed by atoms with Crippen molar-refractivity contribution in [2.45, 2.75) is 50.9 Å². The molecule has 2 aromatic heterocycles. The molecular weight excluding hydrogens is 443 g/mol. The van der Waals surface area contributed by atoms with E-state index < -0.39 is 11.9 Å². The summed E-state index contributed by atoms with van der Waals surface area (Å²) in [5.41, 5.74) is 1.08. The minimum atomic E-state index is -4.52. The number of hydrogen-bond donors (Lipinski definition) is 2. The molecule has 2 aromatic carbocycles. The van der Waals surface area contributed by atoms with Crippen LogP contribution in [0.15, 0.2) is 59.0 Å². The quantitative estimate of drug-likeness (QED) is 0.361. The van der Waals surface area contributed by atoms with Gasteiger partial charge in [-0.05, 0) is 50.8 Å². The number of benzene rings is 2. The molecule has 2 N–H and O–H groups in total. The Labute approximate surface area is 194 Å². The van der Waals surface area contributed by atoms with Gasteiger partial charge in [-0.2, -0.15) is 13.2 Å². The number of amides is 1. The average molecular weight is 467 g/mol. The topological polar surface area (TPSA) is 67.2 Å². The van der Waals surface area contributed by atoms with Gasteiger partial charge >= 0.3 is 6.18 Å². The zero-order valence-corrected chi connectivity index (χ0v) is 18.6. The second-order valence-corrected chi connectivity index (χ2v) is 8.77. The SMILES string of the molecule is Cc1oc2ccccc2c1C(=O)NC1CCC(Nc2cc(C(F)(F)F)nc3ccccc23)CC1. The van der Waals surface area contributed by atoms with Crippen LogP contribution in [0.3, 0.4) is 0 Å². The largest absolute Gasteiger partial charge is 0.461 e. The van der Waals surface area contributed by atoms with Crippen molar-refractivity contribution in [1.82, 2.24) is 10.3 Å². The summed E-state index contributed by atoms with van der Waals surface area (Å²) in [5.74, 6) is 0.424. The highest BCUT2D eigenvalue weighted by Gasteiger charge is 2.34. The van der Waals surface area contributed by atoms with Crippen LogP contribution in [0.4, 0.5) is 18.9 Å². The summed E-state index contributed by atoms with van der Waals surface area (Å²) >= 11 is 0. The van der Waals surface area contributed by atoms with Gasteiger partial charge in [0.1, 0.15) is 17.0 Å². The zero-order valence-electron chi connectivity index (χ0n) is 18.6. The number of anilines is 1. The van der Waals surface area contributed by atoms with Crippen LogP contribution in [-0.4, -0.2) is 23.0 Å². The molecule has 0 saturated heterocycles. The van der Waals surface area contributed by atoms with Crippen molar-refractivity contribution in [3.8, 4) is 0 Å². The Morgan fingerprint density at radius 2 is 1.62 bits per heavy atom. The lowest BCUT2D eigenvalue weighted by atomic mass is 9.90. The van der Waals surface area contributed by atoms with Crippen LogP contribution in [0, 0.1) is 6.92 Å². The summed E-state index contributed by atoms with van der Waals surface area (Å²) in [5, 5.41) is 7.87. The van der Waals surface area contributed by atoms with Gasteiger partial charge in [0.2, 0.25) is 0 Å². The molecule has 1 aliphatic rings. The predicted molar refractivity (Wildman–Crippen MR) is 125 cm³/mol. The van der Waals surface area contributed by atoms with Gasteiger partial charge in [0.05, 0.1) is 11.1 Å². The highest BCUT2D eigenvalue weighted by Crippen LogP contribution is 2.34. The Kier molecular flexibility index (Phi) is 5.67. The molecule has 0 bridgehead atoms. The molecule has 1 amide bonds. The molecule has 2 heterocycles. The van der Waals surface area contributed by atoms with Crippen molar-refractivity contribution in [3.05, 3.63) is 71.6 Å². The number of aromatic nitrogens is 1. The number of para-hydroxylation sites is 2. The molecule has 34 heavy (non-hydrogen) atoms. The molecule has 4 aromatic rings. The Bertz CT molecular complexity index is 1350. The Balaban J connectivity index is 1.27. The van der Waals surface area contributed by atoms with Crippen LogP contribution in [0.1, 0.15) is 47.5 Å². The number of nitrogens with zero attached hydrogens (tertiary/aromatic N) is 1. The lowest BCUT2D eigenvalue weighted by Gasteiger charge is -2.30. The van der Waals surface area contributed by atoms with Crippen LogP contribution in [0.25, 0.3) is 21.9 Å². The van der Waals surface area contributed by atoms with Gasteiger partial charge < -0.3 is 15.1 Å². The number of halogens is 3. The van der Waals surface area contributed by atoms with Crippen molar-refractivity contribution in [3.63, 3.8) is 0 Å². The maximum absolute atomic E-state index is 13.4. The lowest BCUT2D eigenvalue weighted by molar-refractivity contribution is -0.140. The maximum Gasteiger partial charge on any atom is 0.433 e. The fraction of sp³-hybridized carbons (Fsp3) is 0.308. The van der Waals surface area contributed by atoms with E-state index in [9.17, 15) is 18.0 Å². The molecular formula is C26H24F3N3O2. The van der Waals surface area contributed by atoms with Gasteiger partial charge in [-0.15, -0.1) is 0 Å². The van der Waals surface area contributed by atoms with Crippen molar-refractivity contribution >= 4 is 33.5 Å². The van der Waals surface area contributed by atoms with Gasteiger partial charge in [0, 0.05) is 28.5 Å². The van der Waals surface area contributed by atoms with Crippen molar-refractivity contribution in [2.75, 3.05) is 5.32 Å². The van der Waals surface area contributed by atoms with Gasteiger partial charge in [0.15, 0.2) is 0 Å². The van der Waals surface area contributed by atoms with Gasteiger partial charge in [-0.1, -0.05) is 36.4 Å². The molecule has 1 saturated carbocycles. The highest BCUT2D eigenvalue weighted by molar-refractivity contribution is 6.07. The molecule has 0 aliphatic heterocycles. The molecule has 5 rings (SSSR count). The van der Waals surface area contributed by atoms with Crippen LogP contribution < -0.4 is 10.6 Å².